The Morgan fingerprint density at radius 3 is 2.05 bits per heavy atom. The fourth-order valence-electron chi connectivity index (χ4n) is 2.23. The summed E-state index contributed by atoms with van der Waals surface area (Å²) in [6, 6.07) is 10.1. The Labute approximate surface area is 128 Å². The van der Waals surface area contributed by atoms with Gasteiger partial charge in [-0.05, 0) is 50.2 Å². The quantitative estimate of drug-likeness (QED) is 0.903. The zero-order chi connectivity index (χ0) is 16.1. The molecule has 1 amide bonds. The highest BCUT2D eigenvalue weighted by Gasteiger charge is 2.10. The number of nitrogens with one attached hydrogen (secondary N) is 1. The number of benzene rings is 2. The van der Waals surface area contributed by atoms with E-state index in [4.69, 9.17) is 0 Å². The fourth-order valence-corrected chi connectivity index (χ4v) is 2.23. The topological polar surface area (TPSA) is 32.3 Å². The van der Waals surface area contributed by atoms with Crippen molar-refractivity contribution in [2.24, 2.45) is 0 Å². The van der Waals surface area contributed by atoms with Crippen molar-refractivity contribution in [2.75, 3.05) is 23.3 Å². The van der Waals surface area contributed by atoms with Crippen molar-refractivity contribution in [3.05, 3.63) is 59.7 Å². The number of carbonyl (C=O) groups excluding carboxylic acids is 1. The molecule has 0 aromatic heterocycles. The third-order valence-corrected chi connectivity index (χ3v) is 3.38. The molecule has 0 fully saturated rings. The van der Waals surface area contributed by atoms with E-state index >= 15 is 0 Å². The number of hydrogen-bond donors (Lipinski definition) is 1. The van der Waals surface area contributed by atoms with Crippen LogP contribution >= 0.6 is 0 Å². The zero-order valence-electron chi connectivity index (χ0n) is 12.6. The number of hydrogen-bond acceptors (Lipinski definition) is 2. The first-order chi connectivity index (χ1) is 10.5. The van der Waals surface area contributed by atoms with Crippen LogP contribution < -0.4 is 10.2 Å². The monoisotopic (exact) mass is 304 g/mol. The van der Waals surface area contributed by atoms with Crippen LogP contribution in [0.2, 0.25) is 0 Å². The third-order valence-electron chi connectivity index (χ3n) is 3.38. The summed E-state index contributed by atoms with van der Waals surface area (Å²) in [6.45, 7) is 5.92. The molecule has 116 valence electrons. The molecule has 3 nitrogen and oxygen atoms in total. The summed E-state index contributed by atoms with van der Waals surface area (Å²) in [5.74, 6) is -2.10. The summed E-state index contributed by atoms with van der Waals surface area (Å²) < 4.78 is 26.2. The Bertz CT molecular complexity index is 632. The molecule has 1 N–H and O–H groups in total. The van der Waals surface area contributed by atoms with Crippen molar-refractivity contribution < 1.29 is 13.6 Å². The lowest BCUT2D eigenvalue weighted by Crippen LogP contribution is -2.21. The maximum absolute atomic E-state index is 13.1. The van der Waals surface area contributed by atoms with Crippen LogP contribution in [0, 0.1) is 11.6 Å². The molecule has 22 heavy (non-hydrogen) atoms. The van der Waals surface area contributed by atoms with Crippen molar-refractivity contribution in [3.63, 3.8) is 0 Å². The normalized spacial score (nSPS) is 10.4. The molecule has 0 heterocycles. The molecule has 0 spiro atoms. The summed E-state index contributed by atoms with van der Waals surface area (Å²) >= 11 is 0. The van der Waals surface area contributed by atoms with Gasteiger partial charge in [-0.3, -0.25) is 4.79 Å². The van der Waals surface area contributed by atoms with Gasteiger partial charge in [0.25, 0.3) is 5.91 Å². The van der Waals surface area contributed by atoms with Gasteiger partial charge < -0.3 is 10.2 Å². The largest absolute Gasteiger partial charge is 0.372 e. The molecule has 0 aliphatic heterocycles. The van der Waals surface area contributed by atoms with Crippen LogP contribution in [0.1, 0.15) is 24.2 Å². The molecular weight excluding hydrogens is 286 g/mol. The lowest BCUT2D eigenvalue weighted by molar-refractivity contribution is 0.102. The van der Waals surface area contributed by atoms with Gasteiger partial charge in [0.15, 0.2) is 0 Å². The molecule has 0 bridgehead atoms. The van der Waals surface area contributed by atoms with Crippen LogP contribution in [0.3, 0.4) is 0 Å². The van der Waals surface area contributed by atoms with Gasteiger partial charge in [0.05, 0.1) is 0 Å². The maximum atomic E-state index is 13.1. The van der Waals surface area contributed by atoms with E-state index in [0.717, 1.165) is 37.0 Å². The van der Waals surface area contributed by atoms with Crippen LogP contribution in [-0.4, -0.2) is 19.0 Å². The Morgan fingerprint density at radius 1 is 1.00 bits per heavy atom. The predicted octanol–water partition coefficient (Wildman–Crippen LogP) is 4.06. The highest BCUT2D eigenvalue weighted by atomic mass is 19.1. The van der Waals surface area contributed by atoms with Gasteiger partial charge in [-0.15, -0.1) is 0 Å². The second-order valence-electron chi connectivity index (χ2n) is 4.83. The number of anilines is 2. The van der Waals surface area contributed by atoms with E-state index in [9.17, 15) is 13.6 Å². The first kappa shape index (κ1) is 15.9. The van der Waals surface area contributed by atoms with Gasteiger partial charge in [-0.25, -0.2) is 8.78 Å². The second-order valence-corrected chi connectivity index (χ2v) is 4.83. The van der Waals surface area contributed by atoms with Crippen molar-refractivity contribution >= 4 is 17.3 Å². The number of carbonyl (C=O) groups is 1. The first-order valence-electron chi connectivity index (χ1n) is 7.16. The number of rotatable bonds is 5. The van der Waals surface area contributed by atoms with Gasteiger partial charge in [0, 0.05) is 36.1 Å². The Kier molecular flexibility index (Phi) is 5.09. The lowest BCUT2D eigenvalue weighted by Gasteiger charge is -2.21. The smallest absolute Gasteiger partial charge is 0.255 e. The third kappa shape index (κ3) is 3.81. The van der Waals surface area contributed by atoms with Gasteiger partial charge in [-0.1, -0.05) is 0 Å². The van der Waals surface area contributed by atoms with Gasteiger partial charge in [-0.2, -0.15) is 0 Å². The van der Waals surface area contributed by atoms with Crippen molar-refractivity contribution in [1.82, 2.24) is 0 Å². The Balaban J connectivity index is 2.11. The van der Waals surface area contributed by atoms with Crippen LogP contribution in [-0.2, 0) is 0 Å². The summed E-state index contributed by atoms with van der Waals surface area (Å²) in [5, 5.41) is 2.62. The molecule has 0 radical (unpaired) electrons. The predicted molar refractivity (Wildman–Crippen MR) is 84.3 cm³/mol. The first-order valence-corrected chi connectivity index (χ1v) is 7.16. The van der Waals surface area contributed by atoms with E-state index in [2.05, 4.69) is 24.1 Å². The lowest BCUT2D eigenvalue weighted by atomic mass is 10.2. The second kappa shape index (κ2) is 7.02. The minimum atomic E-state index is -0.776. The highest BCUT2D eigenvalue weighted by Crippen LogP contribution is 2.18. The van der Waals surface area contributed by atoms with E-state index in [1.165, 1.54) is 0 Å². The minimum Gasteiger partial charge on any atom is -0.372 e. The summed E-state index contributed by atoms with van der Waals surface area (Å²) in [7, 11) is 0. The highest BCUT2D eigenvalue weighted by molar-refractivity contribution is 6.04. The average Bonchev–Trinajstić information content (AvgIpc) is 2.49. The van der Waals surface area contributed by atoms with E-state index in [1.54, 1.807) is 12.1 Å². The Hall–Kier alpha value is -2.43. The van der Waals surface area contributed by atoms with Crippen molar-refractivity contribution in [2.45, 2.75) is 13.8 Å². The van der Waals surface area contributed by atoms with E-state index < -0.39 is 17.5 Å². The molecular formula is C17H18F2N2O. The number of amides is 1. The summed E-state index contributed by atoms with van der Waals surface area (Å²) in [4.78, 5) is 14.2. The van der Waals surface area contributed by atoms with Crippen LogP contribution in [0.15, 0.2) is 42.5 Å². The fraction of sp³-hybridized carbons (Fsp3) is 0.235. The van der Waals surface area contributed by atoms with E-state index in [1.807, 2.05) is 12.1 Å². The number of halogens is 2. The Morgan fingerprint density at radius 2 is 1.55 bits per heavy atom. The number of nitrogens with zero attached hydrogens (tertiary/aromatic N) is 1. The molecule has 2 rings (SSSR count). The van der Waals surface area contributed by atoms with Crippen molar-refractivity contribution in [3.8, 4) is 0 Å². The molecule has 0 saturated heterocycles. The molecule has 0 aliphatic carbocycles. The summed E-state index contributed by atoms with van der Waals surface area (Å²) in [5.41, 5.74) is 1.58. The van der Waals surface area contributed by atoms with Crippen LogP contribution in [0.5, 0.6) is 0 Å². The van der Waals surface area contributed by atoms with Gasteiger partial charge >= 0.3 is 0 Å². The van der Waals surface area contributed by atoms with Gasteiger partial charge in [0.2, 0.25) is 0 Å². The molecule has 2 aromatic rings. The van der Waals surface area contributed by atoms with Crippen molar-refractivity contribution in [1.29, 1.82) is 0 Å². The zero-order valence-corrected chi connectivity index (χ0v) is 12.6. The molecule has 2 aromatic carbocycles. The molecule has 0 atom stereocenters. The molecule has 0 unspecified atom stereocenters. The SMILES string of the molecule is CCN(CC)c1ccc(NC(=O)c2cc(F)cc(F)c2)cc1. The summed E-state index contributed by atoms with van der Waals surface area (Å²) in [6.07, 6.45) is 0. The molecule has 5 heteroatoms. The molecule has 0 saturated carbocycles. The average molecular weight is 304 g/mol. The van der Waals surface area contributed by atoms with E-state index in [-0.39, 0.29) is 5.56 Å². The van der Waals surface area contributed by atoms with Crippen LogP contribution in [0.25, 0.3) is 0 Å². The van der Waals surface area contributed by atoms with Crippen LogP contribution in [0.4, 0.5) is 20.2 Å². The van der Waals surface area contributed by atoms with Gasteiger partial charge in [0.1, 0.15) is 11.6 Å². The van der Waals surface area contributed by atoms with E-state index in [0.29, 0.717) is 5.69 Å². The standard InChI is InChI=1S/C17H18F2N2O/c1-3-21(4-2)16-7-5-15(6-8-16)20-17(22)12-9-13(18)11-14(19)10-12/h5-11H,3-4H2,1-2H3,(H,20,22). The molecule has 0 aliphatic rings. The maximum Gasteiger partial charge on any atom is 0.255 e. The minimum absolute atomic E-state index is 0.0506.